The van der Waals surface area contributed by atoms with E-state index in [1.807, 2.05) is 0 Å². The number of carboxylic acids is 1. The van der Waals surface area contributed by atoms with E-state index in [9.17, 15) is 14.7 Å². The molecule has 0 radical (unpaired) electrons. The van der Waals surface area contributed by atoms with Gasteiger partial charge in [0, 0.05) is 19.1 Å². The van der Waals surface area contributed by atoms with Gasteiger partial charge in [-0.1, -0.05) is 26.2 Å². The van der Waals surface area contributed by atoms with Gasteiger partial charge >= 0.3 is 12.0 Å². The summed E-state index contributed by atoms with van der Waals surface area (Å²) in [6, 6.07) is -0.265. The number of aliphatic carboxylic acids is 1. The van der Waals surface area contributed by atoms with Crippen LogP contribution < -0.4 is 10.6 Å². The molecule has 2 atom stereocenters. The van der Waals surface area contributed by atoms with Gasteiger partial charge in [-0.15, -0.1) is 0 Å². The van der Waals surface area contributed by atoms with Gasteiger partial charge in [0.25, 0.3) is 0 Å². The molecule has 2 aliphatic rings. The van der Waals surface area contributed by atoms with Gasteiger partial charge in [-0.2, -0.15) is 0 Å². The fraction of sp³-hybridized carbons (Fsp3) is 0.867. The van der Waals surface area contributed by atoms with Crippen LogP contribution in [0.25, 0.3) is 0 Å². The number of nitrogens with one attached hydrogen (secondary N) is 2. The van der Waals surface area contributed by atoms with E-state index >= 15 is 0 Å². The number of carbonyl (C=O) groups is 2. The SMILES string of the molecule is CCC(NC(=O)NC1(C(=O)O)CCOC1)C1CCCCC1. The molecule has 2 amide bonds. The monoisotopic (exact) mass is 298 g/mol. The highest BCUT2D eigenvalue weighted by Crippen LogP contribution is 2.27. The van der Waals surface area contributed by atoms with Gasteiger partial charge in [-0.05, 0) is 25.2 Å². The molecule has 2 unspecified atom stereocenters. The third kappa shape index (κ3) is 3.87. The normalized spacial score (nSPS) is 28.0. The van der Waals surface area contributed by atoms with Crippen LogP contribution in [0.15, 0.2) is 0 Å². The summed E-state index contributed by atoms with van der Waals surface area (Å²) in [6.07, 6.45) is 7.19. The second-order valence-electron chi connectivity index (χ2n) is 6.20. The molecule has 0 spiro atoms. The van der Waals surface area contributed by atoms with Crippen molar-refractivity contribution < 1.29 is 19.4 Å². The van der Waals surface area contributed by atoms with Crippen molar-refractivity contribution in [3.63, 3.8) is 0 Å². The number of ether oxygens (including phenoxy) is 1. The molecule has 21 heavy (non-hydrogen) atoms. The first-order chi connectivity index (χ1) is 10.1. The first kappa shape index (κ1) is 16.1. The minimum Gasteiger partial charge on any atom is -0.479 e. The van der Waals surface area contributed by atoms with Crippen LogP contribution in [0.3, 0.4) is 0 Å². The van der Waals surface area contributed by atoms with Crippen LogP contribution in [0.2, 0.25) is 0 Å². The number of amides is 2. The molecule has 2 fully saturated rings. The van der Waals surface area contributed by atoms with E-state index in [1.54, 1.807) is 0 Å². The molecule has 2 rings (SSSR count). The van der Waals surface area contributed by atoms with Crippen molar-refractivity contribution in [2.24, 2.45) is 5.92 Å². The lowest BCUT2D eigenvalue weighted by Gasteiger charge is -2.32. The third-order valence-corrected chi connectivity index (χ3v) is 4.76. The predicted molar refractivity (Wildman–Crippen MR) is 78.1 cm³/mol. The molecule has 1 aliphatic carbocycles. The van der Waals surface area contributed by atoms with Crippen molar-refractivity contribution in [3.05, 3.63) is 0 Å². The molecule has 0 aromatic heterocycles. The second kappa shape index (κ2) is 7.11. The second-order valence-corrected chi connectivity index (χ2v) is 6.20. The average molecular weight is 298 g/mol. The molecular formula is C15H26N2O4. The minimum absolute atomic E-state index is 0.0377. The van der Waals surface area contributed by atoms with E-state index in [4.69, 9.17) is 4.74 Å². The number of carboxylic acid groups (broad SMARTS) is 1. The lowest BCUT2D eigenvalue weighted by Crippen LogP contribution is -2.59. The Morgan fingerprint density at radius 1 is 1.33 bits per heavy atom. The Bertz CT molecular complexity index is 374. The largest absolute Gasteiger partial charge is 0.479 e. The topological polar surface area (TPSA) is 87.7 Å². The molecule has 3 N–H and O–H groups in total. The molecule has 6 nitrogen and oxygen atoms in total. The van der Waals surface area contributed by atoms with Crippen LogP contribution in [0.4, 0.5) is 4.79 Å². The first-order valence-electron chi connectivity index (χ1n) is 7.97. The summed E-state index contributed by atoms with van der Waals surface area (Å²) in [7, 11) is 0. The zero-order valence-corrected chi connectivity index (χ0v) is 12.7. The van der Waals surface area contributed by atoms with Gasteiger partial charge in [0.1, 0.15) is 0 Å². The Labute approximate surface area is 125 Å². The lowest BCUT2D eigenvalue weighted by molar-refractivity contribution is -0.144. The van der Waals surface area contributed by atoms with Gasteiger partial charge in [0.2, 0.25) is 0 Å². The Balaban J connectivity index is 1.91. The lowest BCUT2D eigenvalue weighted by atomic mass is 9.83. The molecular weight excluding hydrogens is 272 g/mol. The number of hydrogen-bond acceptors (Lipinski definition) is 3. The van der Waals surface area contributed by atoms with Crippen molar-refractivity contribution in [2.75, 3.05) is 13.2 Å². The van der Waals surface area contributed by atoms with Crippen molar-refractivity contribution in [1.82, 2.24) is 10.6 Å². The maximum atomic E-state index is 12.2. The summed E-state index contributed by atoms with van der Waals surface area (Å²) < 4.78 is 5.15. The van der Waals surface area contributed by atoms with Gasteiger partial charge in [-0.3, -0.25) is 0 Å². The van der Waals surface area contributed by atoms with E-state index in [0.29, 0.717) is 18.9 Å². The van der Waals surface area contributed by atoms with Gasteiger partial charge in [-0.25, -0.2) is 9.59 Å². The van der Waals surface area contributed by atoms with Crippen molar-refractivity contribution >= 4 is 12.0 Å². The number of carbonyl (C=O) groups excluding carboxylic acids is 1. The predicted octanol–water partition coefficient (Wildman–Crippen LogP) is 1.89. The number of hydrogen-bond donors (Lipinski definition) is 3. The first-order valence-corrected chi connectivity index (χ1v) is 7.97. The molecule has 1 aliphatic heterocycles. The molecule has 1 saturated carbocycles. The zero-order chi connectivity index (χ0) is 15.3. The summed E-state index contributed by atoms with van der Waals surface area (Å²) in [4.78, 5) is 23.6. The van der Waals surface area contributed by atoms with Crippen molar-refractivity contribution in [2.45, 2.75) is 63.5 Å². The van der Waals surface area contributed by atoms with Crippen LogP contribution >= 0.6 is 0 Å². The summed E-state index contributed by atoms with van der Waals surface area (Å²) in [5.74, 6) is -0.518. The van der Waals surface area contributed by atoms with Crippen LogP contribution in [0, 0.1) is 5.92 Å². The Kier molecular flexibility index (Phi) is 5.45. The summed E-state index contributed by atoms with van der Waals surface area (Å²) in [5.41, 5.74) is -1.27. The maximum Gasteiger partial charge on any atom is 0.332 e. The van der Waals surface area contributed by atoms with Crippen LogP contribution in [-0.2, 0) is 9.53 Å². The quantitative estimate of drug-likeness (QED) is 0.723. The van der Waals surface area contributed by atoms with Crippen LogP contribution in [0.1, 0.15) is 51.9 Å². The van der Waals surface area contributed by atoms with Crippen LogP contribution in [0.5, 0.6) is 0 Å². The van der Waals surface area contributed by atoms with Gasteiger partial charge < -0.3 is 20.5 Å². The molecule has 6 heteroatoms. The average Bonchev–Trinajstić information content (AvgIpc) is 2.95. The smallest absolute Gasteiger partial charge is 0.332 e. The van der Waals surface area contributed by atoms with Crippen molar-refractivity contribution in [3.8, 4) is 0 Å². The standard InChI is InChI=1S/C15H26N2O4/c1-2-12(11-6-4-3-5-7-11)16-14(20)17-15(13(18)19)8-9-21-10-15/h11-12H,2-10H2,1H3,(H,18,19)(H2,16,17,20). The fourth-order valence-electron chi connectivity index (χ4n) is 3.40. The van der Waals surface area contributed by atoms with Crippen molar-refractivity contribution in [1.29, 1.82) is 0 Å². The highest BCUT2D eigenvalue weighted by molar-refractivity contribution is 5.86. The highest BCUT2D eigenvalue weighted by Gasteiger charge is 2.44. The number of rotatable bonds is 5. The minimum atomic E-state index is -1.27. The van der Waals surface area contributed by atoms with Gasteiger partial charge in [0.05, 0.1) is 6.61 Å². The molecule has 0 aromatic rings. The van der Waals surface area contributed by atoms with E-state index in [0.717, 1.165) is 19.3 Å². The molecule has 120 valence electrons. The summed E-state index contributed by atoms with van der Waals surface area (Å²) >= 11 is 0. The van der Waals surface area contributed by atoms with Crippen LogP contribution in [-0.4, -0.2) is 41.9 Å². The van der Waals surface area contributed by atoms with Gasteiger partial charge in [0.15, 0.2) is 5.54 Å². The maximum absolute atomic E-state index is 12.2. The van der Waals surface area contributed by atoms with E-state index in [1.165, 1.54) is 19.3 Å². The molecule has 0 aromatic carbocycles. The Hall–Kier alpha value is -1.30. The van der Waals surface area contributed by atoms with E-state index in [2.05, 4.69) is 17.6 Å². The highest BCUT2D eigenvalue weighted by atomic mass is 16.5. The zero-order valence-electron chi connectivity index (χ0n) is 12.7. The molecule has 0 bridgehead atoms. The Morgan fingerprint density at radius 2 is 2.05 bits per heavy atom. The van der Waals surface area contributed by atoms with E-state index < -0.39 is 11.5 Å². The summed E-state index contributed by atoms with van der Waals surface area (Å²) in [5, 5.41) is 14.9. The number of urea groups is 1. The van der Waals surface area contributed by atoms with E-state index in [-0.39, 0.29) is 18.7 Å². The summed E-state index contributed by atoms with van der Waals surface area (Å²) in [6.45, 7) is 2.47. The third-order valence-electron chi connectivity index (χ3n) is 4.76. The Morgan fingerprint density at radius 3 is 2.57 bits per heavy atom. The fourth-order valence-corrected chi connectivity index (χ4v) is 3.40. The molecule has 1 saturated heterocycles. The molecule has 1 heterocycles.